The topological polar surface area (TPSA) is 71.4 Å². The Balaban J connectivity index is 3.12. The summed E-state index contributed by atoms with van der Waals surface area (Å²) >= 11 is 5.61. The third-order valence-electron chi connectivity index (χ3n) is 1.51. The first-order valence-corrected chi connectivity index (χ1v) is 5.76. The molecule has 0 aliphatic rings. The molecule has 1 N–H and O–H groups in total. The molecule has 0 radical (unpaired) electrons. The molecule has 80 valence electrons. The van der Waals surface area contributed by atoms with E-state index in [2.05, 4.69) is 0 Å². The zero-order chi connectivity index (χ0) is 11.5. The summed E-state index contributed by atoms with van der Waals surface area (Å²) < 4.78 is 23.0. The van der Waals surface area contributed by atoms with Gasteiger partial charge < -0.3 is 5.11 Å². The SMILES string of the molecule is O=C(O)/C=C/S(=O)(=O)c1cccc(Cl)c1. The number of carbonyl (C=O) groups is 1. The van der Waals surface area contributed by atoms with Gasteiger partial charge in [-0.2, -0.15) is 0 Å². The molecule has 0 aliphatic carbocycles. The standard InChI is InChI=1S/C9H7ClO4S/c10-7-2-1-3-8(6-7)15(13,14)5-4-9(11)12/h1-6H,(H,11,12)/b5-4+. The van der Waals surface area contributed by atoms with Gasteiger partial charge in [-0.25, -0.2) is 13.2 Å². The van der Waals surface area contributed by atoms with Crippen molar-refractivity contribution in [1.82, 2.24) is 0 Å². The van der Waals surface area contributed by atoms with Gasteiger partial charge in [0.15, 0.2) is 9.84 Å². The highest BCUT2D eigenvalue weighted by Gasteiger charge is 2.10. The third-order valence-corrected chi connectivity index (χ3v) is 3.15. The minimum Gasteiger partial charge on any atom is -0.478 e. The summed E-state index contributed by atoms with van der Waals surface area (Å²) in [6.07, 6.45) is 0.566. The Morgan fingerprint density at radius 1 is 1.40 bits per heavy atom. The Labute approximate surface area is 91.7 Å². The summed E-state index contributed by atoms with van der Waals surface area (Å²) in [5, 5.41) is 9.20. The second-order valence-corrected chi connectivity index (χ2v) is 4.91. The number of hydrogen-bond donors (Lipinski definition) is 1. The minimum atomic E-state index is -3.72. The van der Waals surface area contributed by atoms with Gasteiger partial charge in [0.2, 0.25) is 0 Å². The van der Waals surface area contributed by atoms with Crippen LogP contribution in [0.3, 0.4) is 0 Å². The summed E-state index contributed by atoms with van der Waals surface area (Å²) in [6.45, 7) is 0. The number of rotatable bonds is 3. The van der Waals surface area contributed by atoms with Crippen LogP contribution in [0, 0.1) is 0 Å². The van der Waals surface area contributed by atoms with Crippen molar-refractivity contribution < 1.29 is 18.3 Å². The van der Waals surface area contributed by atoms with E-state index in [1.807, 2.05) is 0 Å². The molecule has 1 rings (SSSR count). The van der Waals surface area contributed by atoms with E-state index < -0.39 is 15.8 Å². The van der Waals surface area contributed by atoms with E-state index in [1.54, 1.807) is 0 Å². The lowest BCUT2D eigenvalue weighted by atomic mass is 10.4. The highest BCUT2D eigenvalue weighted by atomic mass is 35.5. The largest absolute Gasteiger partial charge is 0.478 e. The van der Waals surface area contributed by atoms with Crippen LogP contribution in [-0.4, -0.2) is 19.5 Å². The van der Waals surface area contributed by atoms with E-state index in [1.165, 1.54) is 24.3 Å². The molecule has 0 fully saturated rings. The molecule has 1 aromatic rings. The molecule has 0 amide bonds. The van der Waals surface area contributed by atoms with Crippen molar-refractivity contribution in [3.8, 4) is 0 Å². The van der Waals surface area contributed by atoms with Crippen molar-refractivity contribution in [1.29, 1.82) is 0 Å². The normalized spacial score (nSPS) is 11.8. The van der Waals surface area contributed by atoms with Gasteiger partial charge >= 0.3 is 5.97 Å². The molecule has 0 saturated heterocycles. The summed E-state index contributed by atoms with van der Waals surface area (Å²) in [5.74, 6) is -1.32. The number of hydrogen-bond acceptors (Lipinski definition) is 3. The molecule has 6 heteroatoms. The highest BCUT2D eigenvalue weighted by molar-refractivity contribution is 7.94. The minimum absolute atomic E-state index is 0.0347. The molecule has 4 nitrogen and oxygen atoms in total. The Morgan fingerprint density at radius 2 is 2.07 bits per heavy atom. The third kappa shape index (κ3) is 3.38. The number of halogens is 1. The average Bonchev–Trinajstić information content (AvgIpc) is 2.15. The van der Waals surface area contributed by atoms with Crippen LogP contribution < -0.4 is 0 Å². The molecular weight excluding hydrogens is 240 g/mol. The second kappa shape index (κ2) is 4.46. The second-order valence-electron chi connectivity index (χ2n) is 2.64. The van der Waals surface area contributed by atoms with Crippen LogP contribution in [0.1, 0.15) is 0 Å². The van der Waals surface area contributed by atoms with E-state index in [0.717, 1.165) is 0 Å². The zero-order valence-corrected chi connectivity index (χ0v) is 8.99. The van der Waals surface area contributed by atoms with Gasteiger partial charge in [-0.05, 0) is 18.2 Å². The first-order valence-electron chi connectivity index (χ1n) is 3.83. The zero-order valence-electron chi connectivity index (χ0n) is 7.42. The lowest BCUT2D eigenvalue weighted by Gasteiger charge is -1.98. The molecule has 0 atom stereocenters. The summed E-state index contributed by atoms with van der Waals surface area (Å²) in [6, 6.07) is 5.60. The molecule has 0 saturated carbocycles. The van der Waals surface area contributed by atoms with Gasteiger partial charge in [0, 0.05) is 16.5 Å². The molecule has 1 aromatic carbocycles. The van der Waals surface area contributed by atoms with Crippen LogP contribution >= 0.6 is 11.6 Å². The number of carboxylic acid groups (broad SMARTS) is 1. The fraction of sp³-hybridized carbons (Fsp3) is 0. The number of sulfone groups is 1. The van der Waals surface area contributed by atoms with Crippen LogP contribution in [0.4, 0.5) is 0 Å². The van der Waals surface area contributed by atoms with Crippen molar-refractivity contribution in [3.05, 3.63) is 40.8 Å². The lowest BCUT2D eigenvalue weighted by Crippen LogP contribution is -1.98. The predicted molar refractivity (Wildman–Crippen MR) is 55.4 cm³/mol. The van der Waals surface area contributed by atoms with E-state index in [4.69, 9.17) is 16.7 Å². The molecule has 0 bridgehead atoms. The van der Waals surface area contributed by atoms with E-state index >= 15 is 0 Å². The van der Waals surface area contributed by atoms with Crippen molar-refractivity contribution in [2.24, 2.45) is 0 Å². The van der Waals surface area contributed by atoms with E-state index in [9.17, 15) is 13.2 Å². The maximum atomic E-state index is 11.5. The number of benzene rings is 1. The van der Waals surface area contributed by atoms with Crippen LogP contribution in [0.25, 0.3) is 0 Å². The van der Waals surface area contributed by atoms with Crippen LogP contribution in [-0.2, 0) is 14.6 Å². The first kappa shape index (κ1) is 11.7. The molecule has 15 heavy (non-hydrogen) atoms. The molecule has 0 aromatic heterocycles. The summed E-state index contributed by atoms with van der Waals surface area (Å²) in [7, 11) is -3.72. The first-order chi connectivity index (χ1) is 6.92. The van der Waals surface area contributed by atoms with Gasteiger partial charge in [0.1, 0.15) is 0 Å². The fourth-order valence-corrected chi connectivity index (χ4v) is 2.14. The highest BCUT2D eigenvalue weighted by Crippen LogP contribution is 2.17. The number of carboxylic acids is 1. The summed E-state index contributed by atoms with van der Waals surface area (Å²) in [5.41, 5.74) is 0. The Bertz CT molecular complexity index is 505. The van der Waals surface area contributed by atoms with Gasteiger partial charge in [-0.1, -0.05) is 17.7 Å². The fourth-order valence-electron chi connectivity index (χ4n) is 0.870. The quantitative estimate of drug-likeness (QED) is 0.825. The van der Waals surface area contributed by atoms with Crippen molar-refractivity contribution in [3.63, 3.8) is 0 Å². The monoisotopic (exact) mass is 246 g/mol. The van der Waals surface area contributed by atoms with Crippen molar-refractivity contribution in [2.75, 3.05) is 0 Å². The molecule has 0 spiro atoms. The maximum absolute atomic E-state index is 11.5. The number of aliphatic carboxylic acids is 1. The maximum Gasteiger partial charge on any atom is 0.329 e. The molecule has 0 unspecified atom stereocenters. The van der Waals surface area contributed by atoms with Crippen LogP contribution in [0.15, 0.2) is 40.6 Å². The Morgan fingerprint density at radius 3 is 2.60 bits per heavy atom. The van der Waals surface area contributed by atoms with Gasteiger partial charge in [-0.3, -0.25) is 0 Å². The van der Waals surface area contributed by atoms with Gasteiger partial charge in [0.25, 0.3) is 0 Å². The van der Waals surface area contributed by atoms with E-state index in [0.29, 0.717) is 11.5 Å². The van der Waals surface area contributed by atoms with E-state index in [-0.39, 0.29) is 9.92 Å². The smallest absolute Gasteiger partial charge is 0.329 e. The predicted octanol–water partition coefficient (Wildman–Crippen LogP) is 1.71. The van der Waals surface area contributed by atoms with Crippen molar-refractivity contribution in [2.45, 2.75) is 4.90 Å². The van der Waals surface area contributed by atoms with Crippen molar-refractivity contribution >= 4 is 27.4 Å². The average molecular weight is 247 g/mol. The van der Waals surface area contributed by atoms with Gasteiger partial charge in [-0.15, -0.1) is 0 Å². The molecular formula is C9H7ClO4S. The van der Waals surface area contributed by atoms with Gasteiger partial charge in [0.05, 0.1) is 4.90 Å². The van der Waals surface area contributed by atoms with Crippen LogP contribution in [0.2, 0.25) is 5.02 Å². The molecule has 0 aliphatic heterocycles. The lowest BCUT2D eigenvalue weighted by molar-refractivity contribution is -0.131. The van der Waals surface area contributed by atoms with Crippen LogP contribution in [0.5, 0.6) is 0 Å². The Hall–Kier alpha value is -1.33. The Kier molecular flexibility index (Phi) is 3.49. The molecule has 0 heterocycles. The summed E-state index contributed by atoms with van der Waals surface area (Å²) in [4.78, 5) is 10.1.